The highest BCUT2D eigenvalue weighted by molar-refractivity contribution is 6.46. The zero-order chi connectivity index (χ0) is 22.4. The van der Waals surface area contributed by atoms with E-state index in [0.717, 1.165) is 0 Å². The van der Waals surface area contributed by atoms with Crippen LogP contribution < -0.4 is 5.32 Å². The Morgan fingerprint density at radius 1 is 1.03 bits per heavy atom. The van der Waals surface area contributed by atoms with Gasteiger partial charge in [-0.1, -0.05) is 42.5 Å². The first-order valence-corrected chi connectivity index (χ1v) is 9.83. The van der Waals surface area contributed by atoms with Crippen molar-refractivity contribution in [2.24, 2.45) is 0 Å². The molecule has 1 atom stereocenters. The van der Waals surface area contributed by atoms with Crippen LogP contribution in [-0.2, 0) is 14.3 Å². The quantitative estimate of drug-likeness (QED) is 0.193. The van der Waals surface area contributed by atoms with Crippen LogP contribution in [0.3, 0.4) is 0 Å². The SMILES string of the molecule is COC(=O)c1ccc([C@@H]2C(=C(O)c3ccccc3)C(=O)C(=O)N2CCNCCO)cc1. The second-order valence-corrected chi connectivity index (χ2v) is 6.95. The number of nitrogens with one attached hydrogen (secondary N) is 1. The largest absolute Gasteiger partial charge is 0.507 e. The maximum absolute atomic E-state index is 12.9. The molecule has 0 bridgehead atoms. The lowest BCUT2D eigenvalue weighted by Gasteiger charge is -2.25. The smallest absolute Gasteiger partial charge is 0.337 e. The molecule has 0 radical (unpaired) electrons. The molecule has 3 rings (SSSR count). The molecule has 1 heterocycles. The van der Waals surface area contributed by atoms with Gasteiger partial charge in [0.1, 0.15) is 5.76 Å². The van der Waals surface area contributed by atoms with Crippen LogP contribution in [0.4, 0.5) is 0 Å². The highest BCUT2D eigenvalue weighted by Crippen LogP contribution is 2.39. The van der Waals surface area contributed by atoms with E-state index in [-0.39, 0.29) is 24.5 Å². The van der Waals surface area contributed by atoms with Crippen molar-refractivity contribution >= 4 is 23.4 Å². The molecule has 0 saturated carbocycles. The third kappa shape index (κ3) is 4.65. The molecule has 2 aromatic carbocycles. The van der Waals surface area contributed by atoms with Crippen molar-refractivity contribution in [1.82, 2.24) is 10.2 Å². The maximum atomic E-state index is 12.9. The van der Waals surface area contributed by atoms with Gasteiger partial charge in [-0.3, -0.25) is 9.59 Å². The summed E-state index contributed by atoms with van der Waals surface area (Å²) in [5.41, 5.74) is 1.32. The summed E-state index contributed by atoms with van der Waals surface area (Å²) in [6, 6.07) is 14.1. The number of carbonyl (C=O) groups is 3. The van der Waals surface area contributed by atoms with Crippen molar-refractivity contribution in [3.05, 3.63) is 76.9 Å². The molecular weight excluding hydrogens is 400 g/mol. The van der Waals surface area contributed by atoms with Gasteiger partial charge in [0.2, 0.25) is 0 Å². The third-order valence-corrected chi connectivity index (χ3v) is 5.05. The zero-order valence-electron chi connectivity index (χ0n) is 17.1. The number of carbonyl (C=O) groups excluding carboxylic acids is 3. The monoisotopic (exact) mass is 424 g/mol. The molecule has 162 valence electrons. The normalized spacial score (nSPS) is 17.7. The Balaban J connectivity index is 2.05. The molecule has 3 N–H and O–H groups in total. The Labute approximate surface area is 179 Å². The maximum Gasteiger partial charge on any atom is 0.337 e. The lowest BCUT2D eigenvalue weighted by Crippen LogP contribution is -2.36. The topological polar surface area (TPSA) is 116 Å². The summed E-state index contributed by atoms with van der Waals surface area (Å²) in [7, 11) is 1.28. The van der Waals surface area contributed by atoms with Crippen molar-refractivity contribution in [2.75, 3.05) is 33.4 Å². The molecule has 8 nitrogen and oxygen atoms in total. The van der Waals surface area contributed by atoms with Gasteiger partial charge >= 0.3 is 5.97 Å². The molecule has 1 aliphatic rings. The van der Waals surface area contributed by atoms with Gasteiger partial charge in [-0.25, -0.2) is 4.79 Å². The molecule has 1 aliphatic heterocycles. The minimum Gasteiger partial charge on any atom is -0.507 e. The minimum absolute atomic E-state index is 0.0100. The summed E-state index contributed by atoms with van der Waals surface area (Å²) in [6.45, 7) is 0.854. The Hall–Kier alpha value is -3.49. The van der Waals surface area contributed by atoms with Crippen molar-refractivity contribution in [3.8, 4) is 0 Å². The van der Waals surface area contributed by atoms with E-state index in [1.165, 1.54) is 12.0 Å². The van der Waals surface area contributed by atoms with E-state index in [0.29, 0.717) is 29.8 Å². The van der Waals surface area contributed by atoms with E-state index < -0.39 is 23.7 Å². The van der Waals surface area contributed by atoms with E-state index in [2.05, 4.69) is 5.32 Å². The molecule has 31 heavy (non-hydrogen) atoms. The number of esters is 1. The number of aliphatic hydroxyl groups excluding tert-OH is 2. The van der Waals surface area contributed by atoms with Gasteiger partial charge in [-0.05, 0) is 17.7 Å². The van der Waals surface area contributed by atoms with Crippen molar-refractivity contribution in [1.29, 1.82) is 0 Å². The number of benzene rings is 2. The number of rotatable bonds is 8. The second kappa shape index (κ2) is 10.0. The average Bonchev–Trinajstić information content (AvgIpc) is 3.06. The van der Waals surface area contributed by atoms with E-state index in [4.69, 9.17) is 9.84 Å². The summed E-state index contributed by atoms with van der Waals surface area (Å²) >= 11 is 0. The van der Waals surface area contributed by atoms with E-state index in [1.807, 2.05) is 0 Å². The summed E-state index contributed by atoms with van der Waals surface area (Å²) in [5, 5.41) is 22.8. The molecule has 1 amide bonds. The Bertz CT molecular complexity index is 985. The van der Waals surface area contributed by atoms with Crippen molar-refractivity contribution in [3.63, 3.8) is 0 Å². The van der Waals surface area contributed by atoms with Crippen molar-refractivity contribution in [2.45, 2.75) is 6.04 Å². The molecule has 1 fully saturated rings. The minimum atomic E-state index is -0.817. The molecule has 0 unspecified atom stereocenters. The predicted octanol–water partition coefficient (Wildman–Crippen LogP) is 1.48. The van der Waals surface area contributed by atoms with Crippen LogP contribution in [0.2, 0.25) is 0 Å². The lowest BCUT2D eigenvalue weighted by atomic mass is 9.94. The molecule has 8 heteroatoms. The van der Waals surface area contributed by atoms with Crippen molar-refractivity contribution < 1.29 is 29.3 Å². The predicted molar refractivity (Wildman–Crippen MR) is 113 cm³/mol. The zero-order valence-corrected chi connectivity index (χ0v) is 17.1. The molecular formula is C23H24N2O6. The van der Waals surface area contributed by atoms with Crippen LogP contribution in [0, 0.1) is 0 Å². The third-order valence-electron chi connectivity index (χ3n) is 5.05. The fraction of sp³-hybridized carbons (Fsp3) is 0.261. The van der Waals surface area contributed by atoms with Crippen LogP contribution in [0.25, 0.3) is 5.76 Å². The van der Waals surface area contributed by atoms with Crippen LogP contribution in [0.1, 0.15) is 27.5 Å². The molecule has 0 aromatic heterocycles. The number of hydrogen-bond donors (Lipinski definition) is 3. The first kappa shape index (κ1) is 22.2. The van der Waals surface area contributed by atoms with Crippen LogP contribution in [0.5, 0.6) is 0 Å². The Morgan fingerprint density at radius 2 is 1.71 bits per heavy atom. The number of likely N-dealkylation sites (tertiary alicyclic amines) is 1. The van der Waals surface area contributed by atoms with Crippen LogP contribution in [0.15, 0.2) is 60.2 Å². The van der Waals surface area contributed by atoms with Crippen LogP contribution in [-0.4, -0.2) is 66.1 Å². The first-order chi connectivity index (χ1) is 15.0. The van der Waals surface area contributed by atoms with Gasteiger partial charge < -0.3 is 25.2 Å². The number of methoxy groups -OCH3 is 1. The Kier molecular flexibility index (Phi) is 7.17. The number of Topliss-reactive ketones (excluding diaryl/α,β-unsaturated/α-hetero) is 1. The van der Waals surface area contributed by atoms with E-state index >= 15 is 0 Å². The van der Waals surface area contributed by atoms with E-state index in [1.54, 1.807) is 54.6 Å². The summed E-state index contributed by atoms with van der Waals surface area (Å²) in [6.07, 6.45) is 0. The number of amides is 1. The number of ether oxygens (including phenoxy) is 1. The first-order valence-electron chi connectivity index (χ1n) is 9.83. The Morgan fingerprint density at radius 3 is 2.32 bits per heavy atom. The van der Waals surface area contributed by atoms with E-state index in [9.17, 15) is 19.5 Å². The van der Waals surface area contributed by atoms with Gasteiger partial charge in [0.25, 0.3) is 11.7 Å². The van der Waals surface area contributed by atoms with Gasteiger partial charge in [0, 0.05) is 25.2 Å². The molecule has 2 aromatic rings. The molecule has 0 spiro atoms. The fourth-order valence-corrected chi connectivity index (χ4v) is 3.53. The standard InChI is InChI=1S/C23H24N2O6/c1-31-23(30)17-9-7-15(8-10-17)19-18(20(27)16-5-3-2-4-6-16)21(28)22(29)25(19)13-11-24-12-14-26/h2-10,19,24,26-27H,11-14H2,1H3/t19-/m1/s1. The number of aliphatic hydroxyl groups is 2. The summed E-state index contributed by atoms with van der Waals surface area (Å²) in [4.78, 5) is 38.8. The summed E-state index contributed by atoms with van der Waals surface area (Å²) < 4.78 is 4.71. The van der Waals surface area contributed by atoms with Gasteiger partial charge in [0.15, 0.2) is 0 Å². The second-order valence-electron chi connectivity index (χ2n) is 6.95. The van der Waals surface area contributed by atoms with Gasteiger partial charge in [-0.2, -0.15) is 0 Å². The number of hydrogen-bond acceptors (Lipinski definition) is 7. The highest BCUT2D eigenvalue weighted by atomic mass is 16.5. The number of ketones is 1. The lowest BCUT2D eigenvalue weighted by molar-refractivity contribution is -0.139. The van der Waals surface area contributed by atoms with Gasteiger partial charge in [0.05, 0.1) is 30.9 Å². The van der Waals surface area contributed by atoms with Gasteiger partial charge in [-0.15, -0.1) is 0 Å². The molecule has 0 aliphatic carbocycles. The highest BCUT2D eigenvalue weighted by Gasteiger charge is 2.45. The molecule has 1 saturated heterocycles. The fourth-order valence-electron chi connectivity index (χ4n) is 3.53. The van der Waals surface area contributed by atoms with Crippen LogP contribution >= 0.6 is 0 Å². The summed E-state index contributed by atoms with van der Waals surface area (Å²) in [5.74, 6) is -2.25. The average molecular weight is 424 g/mol. The number of nitrogens with zero attached hydrogens (tertiary/aromatic N) is 1.